The Morgan fingerprint density at radius 1 is 1.13 bits per heavy atom. The van der Waals surface area contributed by atoms with Crippen LogP contribution in [0.4, 0.5) is 24.8 Å². The van der Waals surface area contributed by atoms with Crippen molar-refractivity contribution in [3.63, 3.8) is 0 Å². The molecule has 0 radical (unpaired) electrons. The second-order valence-corrected chi connectivity index (χ2v) is 10.2. The average molecular weight is 524 g/mol. The molecular weight excluding hydrogens is 495 g/mol. The smallest absolute Gasteiger partial charge is 0.481 e. The molecule has 6 nitrogen and oxygen atoms in total. The molecule has 198 valence electrons. The van der Waals surface area contributed by atoms with E-state index >= 15 is 0 Å². The monoisotopic (exact) mass is 523 g/mol. The first-order chi connectivity index (χ1) is 18.0. The Labute approximate surface area is 218 Å². The lowest BCUT2D eigenvalue weighted by molar-refractivity contribution is -0.274. The Hall–Kier alpha value is -4.01. The summed E-state index contributed by atoms with van der Waals surface area (Å²) in [6.07, 6.45) is -2.50. The van der Waals surface area contributed by atoms with Crippen molar-refractivity contribution >= 4 is 28.6 Å². The number of carboxylic acids is 1. The number of anilines is 2. The van der Waals surface area contributed by atoms with Gasteiger partial charge in [0.15, 0.2) is 0 Å². The number of ether oxygens (including phenoxy) is 1. The largest absolute Gasteiger partial charge is 0.573 e. The van der Waals surface area contributed by atoms with E-state index in [2.05, 4.69) is 40.6 Å². The number of aliphatic carboxylic acids is 1. The van der Waals surface area contributed by atoms with Gasteiger partial charge in [0.25, 0.3) is 0 Å². The lowest BCUT2D eigenvalue weighted by Crippen LogP contribution is -2.29. The van der Waals surface area contributed by atoms with E-state index in [-0.39, 0.29) is 23.6 Å². The quantitative estimate of drug-likeness (QED) is 0.265. The zero-order valence-electron chi connectivity index (χ0n) is 21.0. The van der Waals surface area contributed by atoms with Gasteiger partial charge < -0.3 is 19.7 Å². The highest BCUT2D eigenvalue weighted by Crippen LogP contribution is 2.45. The van der Waals surface area contributed by atoms with E-state index in [1.54, 1.807) is 0 Å². The summed E-state index contributed by atoms with van der Waals surface area (Å²) in [5.41, 5.74) is 5.54. The van der Waals surface area contributed by atoms with Crippen LogP contribution in [0.3, 0.4) is 0 Å². The third kappa shape index (κ3) is 5.32. The molecule has 1 aliphatic rings. The van der Waals surface area contributed by atoms with E-state index in [4.69, 9.17) is 10.1 Å². The number of hydrogen-bond acceptors (Lipinski definition) is 4. The number of alkyl halides is 3. The highest BCUT2D eigenvalue weighted by Gasteiger charge is 2.35. The summed E-state index contributed by atoms with van der Waals surface area (Å²) in [6.45, 7) is 4.49. The van der Waals surface area contributed by atoms with Crippen LogP contribution in [0.2, 0.25) is 0 Å². The number of aryl methyl sites for hydroxylation is 1. The predicted molar refractivity (Wildman–Crippen MR) is 139 cm³/mol. The van der Waals surface area contributed by atoms with E-state index in [9.17, 15) is 18.0 Å². The van der Waals surface area contributed by atoms with Gasteiger partial charge in [-0.2, -0.15) is 0 Å². The number of carbonyl (C=O) groups is 1. The van der Waals surface area contributed by atoms with Gasteiger partial charge >= 0.3 is 12.3 Å². The molecule has 0 aliphatic heterocycles. The summed E-state index contributed by atoms with van der Waals surface area (Å²) >= 11 is 0. The van der Waals surface area contributed by atoms with Crippen molar-refractivity contribution in [2.45, 2.75) is 57.3 Å². The molecule has 5 rings (SSSR count). The molecule has 1 heterocycles. The molecule has 0 spiro atoms. The van der Waals surface area contributed by atoms with Crippen molar-refractivity contribution in [1.29, 1.82) is 0 Å². The van der Waals surface area contributed by atoms with Crippen LogP contribution in [0, 0.1) is 0 Å². The molecule has 0 saturated carbocycles. The van der Waals surface area contributed by atoms with E-state index in [0.717, 1.165) is 29.4 Å². The molecule has 2 N–H and O–H groups in total. The van der Waals surface area contributed by atoms with Gasteiger partial charge in [-0.3, -0.25) is 4.79 Å². The highest BCUT2D eigenvalue weighted by molar-refractivity contribution is 5.81. The number of rotatable bonds is 7. The summed E-state index contributed by atoms with van der Waals surface area (Å²) < 4.78 is 43.9. The van der Waals surface area contributed by atoms with Crippen molar-refractivity contribution in [3.05, 3.63) is 83.4 Å². The van der Waals surface area contributed by atoms with Crippen molar-refractivity contribution < 1.29 is 27.8 Å². The molecule has 0 fully saturated rings. The second kappa shape index (κ2) is 9.70. The van der Waals surface area contributed by atoms with Crippen LogP contribution < -0.4 is 10.1 Å². The summed E-state index contributed by atoms with van der Waals surface area (Å²) in [5.74, 6) is -0.611. The Bertz CT molecular complexity index is 1480. The Morgan fingerprint density at radius 3 is 2.58 bits per heavy atom. The van der Waals surface area contributed by atoms with Gasteiger partial charge in [0.1, 0.15) is 5.75 Å². The van der Waals surface area contributed by atoms with Gasteiger partial charge in [0.05, 0.1) is 17.1 Å². The standard InChI is InChI=1S/C29H28F3N3O3/c1-28(2)16-15-24(21-5-3-4-6-22(21)28)35-25-13-7-18(8-14-26(36)37)17-23(25)34-27(35)33-19-9-11-20(12-10-19)38-29(30,31)32/h3-7,9-13,17,24H,8,14-16H2,1-2H3,(H,33,34)(H,36,37). The van der Waals surface area contributed by atoms with E-state index in [1.165, 1.54) is 35.4 Å². The number of aromatic nitrogens is 2. The number of fused-ring (bicyclic) bond motifs is 2. The molecule has 38 heavy (non-hydrogen) atoms. The summed E-state index contributed by atoms with van der Waals surface area (Å²) in [7, 11) is 0. The first-order valence-electron chi connectivity index (χ1n) is 12.4. The molecule has 0 bridgehead atoms. The third-order valence-corrected chi connectivity index (χ3v) is 7.13. The molecule has 4 aromatic rings. The van der Waals surface area contributed by atoms with Crippen molar-refractivity contribution in [2.75, 3.05) is 5.32 Å². The minimum atomic E-state index is -4.76. The third-order valence-electron chi connectivity index (χ3n) is 7.13. The second-order valence-electron chi connectivity index (χ2n) is 10.2. The van der Waals surface area contributed by atoms with Gasteiger partial charge in [0, 0.05) is 12.1 Å². The zero-order valence-corrected chi connectivity index (χ0v) is 21.0. The van der Waals surface area contributed by atoms with Crippen LogP contribution in [0.25, 0.3) is 11.0 Å². The fraction of sp³-hybridized carbons (Fsp3) is 0.310. The SMILES string of the molecule is CC1(C)CCC(n2c(Nc3ccc(OC(F)(F)F)cc3)nc3cc(CCC(=O)O)ccc32)c2ccccc21. The van der Waals surface area contributed by atoms with E-state index < -0.39 is 12.3 Å². The normalized spacial score (nSPS) is 16.7. The van der Waals surface area contributed by atoms with E-state index in [1.807, 2.05) is 30.3 Å². The van der Waals surface area contributed by atoms with Gasteiger partial charge in [-0.1, -0.05) is 44.2 Å². The number of hydrogen-bond donors (Lipinski definition) is 2. The van der Waals surface area contributed by atoms with Gasteiger partial charge in [-0.15, -0.1) is 13.2 Å². The summed E-state index contributed by atoms with van der Waals surface area (Å²) in [6, 6.07) is 19.7. The van der Waals surface area contributed by atoms with Crippen LogP contribution in [0.1, 0.15) is 55.8 Å². The maximum atomic E-state index is 12.6. The minimum Gasteiger partial charge on any atom is -0.481 e. The summed E-state index contributed by atoms with van der Waals surface area (Å²) in [4.78, 5) is 15.9. The molecule has 9 heteroatoms. The number of nitrogens with one attached hydrogen (secondary N) is 1. The van der Waals surface area contributed by atoms with Crippen LogP contribution in [0.5, 0.6) is 5.75 Å². The molecule has 3 aromatic carbocycles. The molecule has 0 amide bonds. The summed E-state index contributed by atoms with van der Waals surface area (Å²) in [5, 5.41) is 12.4. The number of imidazole rings is 1. The Kier molecular flexibility index (Phi) is 6.54. The van der Waals surface area contributed by atoms with Crippen LogP contribution >= 0.6 is 0 Å². The van der Waals surface area contributed by atoms with Crippen molar-refractivity contribution in [3.8, 4) is 5.75 Å². The van der Waals surface area contributed by atoms with Gasteiger partial charge in [-0.25, -0.2) is 4.98 Å². The van der Waals surface area contributed by atoms with Gasteiger partial charge in [-0.05, 0) is 77.8 Å². The lowest BCUT2D eigenvalue weighted by Gasteiger charge is -2.38. The zero-order chi connectivity index (χ0) is 27.1. The van der Waals surface area contributed by atoms with Crippen LogP contribution in [-0.2, 0) is 16.6 Å². The first-order valence-corrected chi connectivity index (χ1v) is 12.4. The molecule has 1 unspecified atom stereocenters. The Balaban J connectivity index is 1.57. The highest BCUT2D eigenvalue weighted by atomic mass is 19.4. The number of nitrogens with zero attached hydrogens (tertiary/aromatic N) is 2. The minimum absolute atomic E-state index is 0.00979. The average Bonchev–Trinajstić information content (AvgIpc) is 3.20. The van der Waals surface area contributed by atoms with Crippen molar-refractivity contribution in [1.82, 2.24) is 9.55 Å². The first kappa shape index (κ1) is 25.6. The Morgan fingerprint density at radius 2 is 1.87 bits per heavy atom. The van der Waals surface area contributed by atoms with Crippen LogP contribution in [-0.4, -0.2) is 27.0 Å². The fourth-order valence-electron chi connectivity index (χ4n) is 5.28. The van der Waals surface area contributed by atoms with Crippen LogP contribution in [0.15, 0.2) is 66.7 Å². The molecular formula is C29H28F3N3O3. The number of carboxylic acid groups (broad SMARTS) is 1. The number of benzene rings is 3. The van der Waals surface area contributed by atoms with Gasteiger partial charge in [0.2, 0.25) is 5.95 Å². The predicted octanol–water partition coefficient (Wildman–Crippen LogP) is 7.36. The number of halogens is 3. The lowest BCUT2D eigenvalue weighted by atomic mass is 9.71. The molecule has 1 aliphatic carbocycles. The molecule has 0 saturated heterocycles. The maximum Gasteiger partial charge on any atom is 0.573 e. The topological polar surface area (TPSA) is 76.4 Å². The molecule has 1 atom stereocenters. The fourth-order valence-corrected chi connectivity index (χ4v) is 5.28. The van der Waals surface area contributed by atoms with E-state index in [0.29, 0.717) is 18.1 Å². The maximum absolute atomic E-state index is 12.6. The molecule has 1 aromatic heterocycles. The van der Waals surface area contributed by atoms with Crippen molar-refractivity contribution in [2.24, 2.45) is 0 Å².